The first-order valence-electron chi connectivity index (χ1n) is 17.3. The van der Waals surface area contributed by atoms with Crippen LogP contribution in [0.15, 0.2) is 48.6 Å². The Morgan fingerprint density at radius 2 is 1.81 bits per heavy atom. The van der Waals surface area contributed by atoms with Crippen molar-refractivity contribution in [3.05, 3.63) is 71.1 Å². The van der Waals surface area contributed by atoms with Crippen molar-refractivity contribution < 1.29 is 23.8 Å². The molecule has 0 radical (unpaired) electrons. The molecule has 10 heteroatoms. The molecule has 0 aromatic heterocycles. The van der Waals surface area contributed by atoms with Crippen LogP contribution < -0.4 is 10.1 Å². The first kappa shape index (κ1) is 36.9. The lowest BCUT2D eigenvalue weighted by Crippen LogP contribution is -2.54. The molecular formula is C38H52FN5O4. The number of piperidine rings is 1. The second-order valence-electron chi connectivity index (χ2n) is 13.9. The highest BCUT2D eigenvalue weighted by molar-refractivity contribution is 6.10. The van der Waals surface area contributed by atoms with Gasteiger partial charge < -0.3 is 30.9 Å². The standard InChI is InChI=1S/C38H52FN5O4/c1-6-7-9-35(38(4,5)47)43-20-17-28(18-21-43)42-37(46)30-23-34(27(22-31(30)39)24-44-19-8-10-36(44)45)48-29-13-11-26(12-14-29)33(41)16-15-32(40)25(2)3/h11-16,22-23,25,28,35,40-41,47H,6-10,17-21,24H2,1-5H3,(H,42,46)/b16-15-,40-32?,41-33?. The zero-order chi connectivity index (χ0) is 35.0. The Balaban J connectivity index is 1.50. The van der Waals surface area contributed by atoms with Crippen molar-refractivity contribution in [2.75, 3.05) is 19.6 Å². The lowest BCUT2D eigenvalue weighted by Gasteiger charge is -2.43. The van der Waals surface area contributed by atoms with Gasteiger partial charge in [0.1, 0.15) is 17.3 Å². The van der Waals surface area contributed by atoms with Crippen molar-refractivity contribution in [3.63, 3.8) is 0 Å². The zero-order valence-corrected chi connectivity index (χ0v) is 29.1. The molecule has 9 nitrogen and oxygen atoms in total. The third-order valence-electron chi connectivity index (χ3n) is 9.32. The summed E-state index contributed by atoms with van der Waals surface area (Å²) in [6, 6.07) is 9.49. The van der Waals surface area contributed by atoms with Gasteiger partial charge in [-0.2, -0.15) is 0 Å². The Morgan fingerprint density at radius 3 is 2.40 bits per heavy atom. The van der Waals surface area contributed by atoms with E-state index < -0.39 is 17.3 Å². The third-order valence-corrected chi connectivity index (χ3v) is 9.32. The van der Waals surface area contributed by atoms with Gasteiger partial charge in [-0.05, 0) is 99.6 Å². The molecule has 0 aliphatic carbocycles. The molecule has 2 aromatic rings. The topological polar surface area (TPSA) is 130 Å². The average molecular weight is 662 g/mol. The van der Waals surface area contributed by atoms with E-state index in [1.807, 2.05) is 27.7 Å². The van der Waals surface area contributed by atoms with Gasteiger partial charge in [-0.1, -0.05) is 33.6 Å². The minimum Gasteiger partial charge on any atom is -0.457 e. The molecule has 0 spiro atoms. The Kier molecular flexibility index (Phi) is 12.7. The number of ether oxygens (including phenoxy) is 1. The molecule has 1 atom stereocenters. The summed E-state index contributed by atoms with van der Waals surface area (Å²) in [5.74, 6) is -0.409. The van der Waals surface area contributed by atoms with E-state index in [1.54, 1.807) is 41.3 Å². The highest BCUT2D eigenvalue weighted by atomic mass is 19.1. The first-order valence-corrected chi connectivity index (χ1v) is 17.3. The zero-order valence-electron chi connectivity index (χ0n) is 29.1. The first-order chi connectivity index (χ1) is 22.8. The second-order valence-corrected chi connectivity index (χ2v) is 13.9. The number of aliphatic hydroxyl groups is 1. The lowest BCUT2D eigenvalue weighted by atomic mass is 9.90. The monoisotopic (exact) mass is 661 g/mol. The van der Waals surface area contributed by atoms with Crippen LogP contribution in [0.5, 0.6) is 11.5 Å². The van der Waals surface area contributed by atoms with Crippen LogP contribution in [0.25, 0.3) is 0 Å². The fourth-order valence-electron chi connectivity index (χ4n) is 6.35. The summed E-state index contributed by atoms with van der Waals surface area (Å²) in [5, 5.41) is 30.2. The number of rotatable bonds is 15. The normalized spacial score (nSPS) is 16.9. The van der Waals surface area contributed by atoms with Gasteiger partial charge in [0.05, 0.1) is 16.9 Å². The van der Waals surface area contributed by atoms with Crippen molar-refractivity contribution in [2.24, 2.45) is 5.92 Å². The molecule has 0 bridgehead atoms. The Hall–Kier alpha value is -3.89. The van der Waals surface area contributed by atoms with Gasteiger partial charge in [0.15, 0.2) is 0 Å². The molecule has 2 heterocycles. The second kappa shape index (κ2) is 16.5. The van der Waals surface area contributed by atoms with Gasteiger partial charge >= 0.3 is 0 Å². The van der Waals surface area contributed by atoms with E-state index in [0.717, 1.165) is 38.8 Å². The van der Waals surface area contributed by atoms with Crippen LogP contribution in [0.3, 0.4) is 0 Å². The molecule has 2 aliphatic rings. The fourth-order valence-corrected chi connectivity index (χ4v) is 6.35. The van der Waals surface area contributed by atoms with Crippen LogP contribution in [0.1, 0.15) is 101 Å². The van der Waals surface area contributed by atoms with Crippen molar-refractivity contribution in [3.8, 4) is 11.5 Å². The smallest absolute Gasteiger partial charge is 0.254 e. The minimum atomic E-state index is -0.830. The van der Waals surface area contributed by atoms with E-state index >= 15 is 4.39 Å². The van der Waals surface area contributed by atoms with Crippen molar-refractivity contribution in [1.29, 1.82) is 10.8 Å². The maximum atomic E-state index is 15.6. The molecule has 2 amide bonds. The maximum absolute atomic E-state index is 15.6. The van der Waals surface area contributed by atoms with Crippen molar-refractivity contribution in [1.82, 2.24) is 15.1 Å². The molecule has 0 saturated carbocycles. The number of halogens is 1. The number of carbonyl (C=O) groups is 2. The largest absolute Gasteiger partial charge is 0.457 e. The van der Waals surface area contributed by atoms with E-state index in [-0.39, 0.29) is 47.5 Å². The van der Waals surface area contributed by atoms with Gasteiger partial charge in [-0.3, -0.25) is 14.5 Å². The van der Waals surface area contributed by atoms with Crippen LogP contribution in [0, 0.1) is 22.6 Å². The Morgan fingerprint density at radius 1 is 1.12 bits per heavy atom. The highest BCUT2D eigenvalue weighted by Gasteiger charge is 2.34. The summed E-state index contributed by atoms with van der Waals surface area (Å²) in [6.07, 6.45) is 8.80. The van der Waals surface area contributed by atoms with Gasteiger partial charge in [-0.15, -0.1) is 0 Å². The predicted octanol–water partition coefficient (Wildman–Crippen LogP) is 6.86. The predicted molar refractivity (Wildman–Crippen MR) is 188 cm³/mol. The molecule has 1 unspecified atom stereocenters. The van der Waals surface area contributed by atoms with E-state index in [0.29, 0.717) is 48.4 Å². The number of hydrogen-bond acceptors (Lipinski definition) is 7. The fraction of sp³-hybridized carbons (Fsp3) is 0.526. The molecule has 2 aromatic carbocycles. The number of nitrogens with one attached hydrogen (secondary N) is 3. The van der Waals surface area contributed by atoms with Crippen LogP contribution in [-0.2, 0) is 11.3 Å². The average Bonchev–Trinajstić information content (AvgIpc) is 3.45. The number of likely N-dealkylation sites (tertiary alicyclic amines) is 2. The Labute approximate surface area is 284 Å². The summed E-state index contributed by atoms with van der Waals surface area (Å²) < 4.78 is 21.8. The summed E-state index contributed by atoms with van der Waals surface area (Å²) in [6.45, 7) is 11.9. The summed E-state index contributed by atoms with van der Waals surface area (Å²) in [5.41, 5.74) is 0.837. The molecule has 4 rings (SSSR count). The quantitative estimate of drug-likeness (QED) is 0.155. The van der Waals surface area contributed by atoms with Crippen LogP contribution in [0.2, 0.25) is 0 Å². The van der Waals surface area contributed by atoms with Gasteiger partial charge in [0.2, 0.25) is 5.91 Å². The van der Waals surface area contributed by atoms with E-state index in [1.165, 1.54) is 12.1 Å². The summed E-state index contributed by atoms with van der Waals surface area (Å²) in [7, 11) is 0. The number of amides is 2. The van der Waals surface area contributed by atoms with Crippen LogP contribution in [-0.4, -0.2) is 75.5 Å². The van der Waals surface area contributed by atoms with Gasteiger partial charge in [0.25, 0.3) is 5.91 Å². The number of allylic oxidation sites excluding steroid dienone is 2. The highest BCUT2D eigenvalue weighted by Crippen LogP contribution is 2.31. The lowest BCUT2D eigenvalue weighted by molar-refractivity contribution is -0.128. The van der Waals surface area contributed by atoms with E-state index in [2.05, 4.69) is 17.1 Å². The molecule has 2 aliphatic heterocycles. The molecule has 4 N–H and O–H groups in total. The van der Waals surface area contributed by atoms with Gasteiger partial charge in [-0.25, -0.2) is 4.39 Å². The number of nitrogens with zero attached hydrogens (tertiary/aromatic N) is 2. The molecule has 48 heavy (non-hydrogen) atoms. The van der Waals surface area contributed by atoms with Crippen LogP contribution in [0.4, 0.5) is 4.39 Å². The van der Waals surface area contributed by atoms with E-state index in [9.17, 15) is 14.7 Å². The third kappa shape index (κ3) is 9.82. The molecular weight excluding hydrogens is 609 g/mol. The molecule has 2 fully saturated rings. The number of hydrogen-bond donors (Lipinski definition) is 4. The van der Waals surface area contributed by atoms with Gasteiger partial charge in [0, 0.05) is 56.0 Å². The Bertz CT molecular complexity index is 1490. The minimum absolute atomic E-state index is 0.00231. The number of benzene rings is 2. The molecule has 260 valence electrons. The number of unbranched alkanes of at least 4 members (excludes halogenated alkanes) is 1. The molecule has 2 saturated heterocycles. The maximum Gasteiger partial charge on any atom is 0.254 e. The summed E-state index contributed by atoms with van der Waals surface area (Å²) in [4.78, 5) is 29.8. The number of carbonyl (C=O) groups excluding carboxylic acids is 2. The van der Waals surface area contributed by atoms with Crippen molar-refractivity contribution >= 4 is 23.2 Å². The summed E-state index contributed by atoms with van der Waals surface area (Å²) >= 11 is 0. The van der Waals surface area contributed by atoms with Crippen LogP contribution >= 0.6 is 0 Å². The van der Waals surface area contributed by atoms with Crippen molar-refractivity contribution in [2.45, 2.75) is 104 Å². The SMILES string of the molecule is CCCCC(N1CCC(NC(=O)c2cc(Oc3ccc(C(=N)/C=C\C(=N)C(C)C)cc3)c(CN3CCCC3=O)cc2F)CC1)C(C)(C)O. The van der Waals surface area contributed by atoms with E-state index in [4.69, 9.17) is 15.6 Å².